The van der Waals surface area contributed by atoms with Crippen LogP contribution in [0.2, 0.25) is 0 Å². The Morgan fingerprint density at radius 2 is 2.22 bits per heavy atom. The number of hydrogen-bond acceptors (Lipinski definition) is 3. The standard InChI is InChI=1S/C14H20N2OS/c1-10-12(7-5-9-15-10)16-14(17)11-6-3-4-8-13(11)18-2/h3-4,6,8,10,12,15H,5,7,9H2,1-2H3,(H,16,17). The third kappa shape index (κ3) is 3.06. The summed E-state index contributed by atoms with van der Waals surface area (Å²) in [7, 11) is 0. The topological polar surface area (TPSA) is 41.1 Å². The van der Waals surface area contributed by atoms with E-state index >= 15 is 0 Å². The number of carbonyl (C=O) groups is 1. The van der Waals surface area contributed by atoms with Crippen LogP contribution in [0.1, 0.15) is 30.1 Å². The molecule has 0 radical (unpaired) electrons. The van der Waals surface area contributed by atoms with E-state index in [1.807, 2.05) is 30.5 Å². The third-order valence-corrected chi connectivity index (χ3v) is 4.23. The van der Waals surface area contributed by atoms with Crippen molar-refractivity contribution in [2.24, 2.45) is 0 Å². The van der Waals surface area contributed by atoms with Crippen molar-refractivity contribution < 1.29 is 4.79 Å². The maximum Gasteiger partial charge on any atom is 0.252 e. The van der Waals surface area contributed by atoms with E-state index in [-0.39, 0.29) is 11.9 Å². The van der Waals surface area contributed by atoms with Crippen LogP contribution in [0.5, 0.6) is 0 Å². The molecule has 1 fully saturated rings. The molecule has 3 nitrogen and oxygen atoms in total. The molecule has 0 aromatic heterocycles. The van der Waals surface area contributed by atoms with Gasteiger partial charge in [-0.05, 0) is 44.7 Å². The summed E-state index contributed by atoms with van der Waals surface area (Å²) in [6.07, 6.45) is 4.18. The van der Waals surface area contributed by atoms with Gasteiger partial charge in [-0.15, -0.1) is 11.8 Å². The van der Waals surface area contributed by atoms with Gasteiger partial charge in [-0.2, -0.15) is 0 Å². The van der Waals surface area contributed by atoms with Crippen LogP contribution in [0.3, 0.4) is 0 Å². The first-order valence-electron chi connectivity index (χ1n) is 6.39. The summed E-state index contributed by atoms with van der Waals surface area (Å²) in [4.78, 5) is 13.3. The minimum Gasteiger partial charge on any atom is -0.348 e. The fourth-order valence-corrected chi connectivity index (χ4v) is 2.91. The fraction of sp³-hybridized carbons (Fsp3) is 0.500. The van der Waals surface area contributed by atoms with E-state index in [1.54, 1.807) is 11.8 Å². The number of rotatable bonds is 3. The molecule has 1 aromatic carbocycles. The van der Waals surface area contributed by atoms with Gasteiger partial charge in [0.05, 0.1) is 5.56 Å². The van der Waals surface area contributed by atoms with Crippen molar-refractivity contribution in [1.82, 2.24) is 10.6 Å². The van der Waals surface area contributed by atoms with Crippen LogP contribution >= 0.6 is 11.8 Å². The van der Waals surface area contributed by atoms with Crippen molar-refractivity contribution in [3.63, 3.8) is 0 Å². The molecule has 1 aliphatic rings. The van der Waals surface area contributed by atoms with E-state index in [2.05, 4.69) is 17.6 Å². The number of hydrogen-bond donors (Lipinski definition) is 2. The highest BCUT2D eigenvalue weighted by atomic mass is 32.2. The summed E-state index contributed by atoms with van der Waals surface area (Å²) in [5.41, 5.74) is 0.780. The minimum absolute atomic E-state index is 0.0421. The fourth-order valence-electron chi connectivity index (χ4n) is 2.32. The lowest BCUT2D eigenvalue weighted by molar-refractivity contribution is 0.0917. The van der Waals surface area contributed by atoms with E-state index in [0.717, 1.165) is 29.8 Å². The highest BCUT2D eigenvalue weighted by molar-refractivity contribution is 7.98. The van der Waals surface area contributed by atoms with Gasteiger partial charge in [0.25, 0.3) is 5.91 Å². The molecule has 1 heterocycles. The lowest BCUT2D eigenvalue weighted by Gasteiger charge is -2.30. The zero-order valence-corrected chi connectivity index (χ0v) is 11.7. The van der Waals surface area contributed by atoms with Crippen LogP contribution in [0.4, 0.5) is 0 Å². The lowest BCUT2D eigenvalue weighted by Crippen LogP contribution is -2.51. The minimum atomic E-state index is 0.0421. The molecule has 2 rings (SSSR count). The van der Waals surface area contributed by atoms with Crippen molar-refractivity contribution in [2.45, 2.75) is 36.7 Å². The van der Waals surface area contributed by atoms with Crippen LogP contribution in [0.15, 0.2) is 29.2 Å². The Hall–Kier alpha value is -1.00. The predicted molar refractivity (Wildman–Crippen MR) is 76.2 cm³/mol. The number of carbonyl (C=O) groups excluding carboxylic acids is 1. The van der Waals surface area contributed by atoms with E-state index in [0.29, 0.717) is 6.04 Å². The van der Waals surface area contributed by atoms with Gasteiger partial charge < -0.3 is 10.6 Å². The monoisotopic (exact) mass is 264 g/mol. The van der Waals surface area contributed by atoms with Gasteiger partial charge in [0.2, 0.25) is 0 Å². The molecule has 18 heavy (non-hydrogen) atoms. The van der Waals surface area contributed by atoms with Crippen LogP contribution in [0.25, 0.3) is 0 Å². The van der Waals surface area contributed by atoms with Gasteiger partial charge in [-0.25, -0.2) is 0 Å². The summed E-state index contributed by atoms with van der Waals surface area (Å²) in [5.74, 6) is 0.0421. The number of amides is 1. The number of thioether (sulfide) groups is 1. The maximum absolute atomic E-state index is 12.3. The van der Waals surface area contributed by atoms with Crippen molar-refractivity contribution in [3.8, 4) is 0 Å². The lowest BCUT2D eigenvalue weighted by atomic mass is 9.99. The van der Waals surface area contributed by atoms with E-state index < -0.39 is 0 Å². The maximum atomic E-state index is 12.3. The highest BCUT2D eigenvalue weighted by Gasteiger charge is 2.23. The predicted octanol–water partition coefficient (Wildman–Crippen LogP) is 2.28. The molecule has 2 unspecified atom stereocenters. The molecule has 0 bridgehead atoms. The van der Waals surface area contributed by atoms with Gasteiger partial charge in [0, 0.05) is 17.0 Å². The average Bonchev–Trinajstić information content (AvgIpc) is 2.41. The second-order valence-corrected chi connectivity index (χ2v) is 5.51. The first-order valence-corrected chi connectivity index (χ1v) is 7.62. The zero-order valence-electron chi connectivity index (χ0n) is 10.9. The molecule has 0 aliphatic carbocycles. The molecule has 98 valence electrons. The van der Waals surface area contributed by atoms with Gasteiger partial charge in [-0.1, -0.05) is 12.1 Å². The first kappa shape index (κ1) is 13.4. The van der Waals surface area contributed by atoms with Crippen molar-refractivity contribution in [3.05, 3.63) is 29.8 Å². The summed E-state index contributed by atoms with van der Waals surface area (Å²) in [5, 5.41) is 6.54. The van der Waals surface area contributed by atoms with E-state index in [4.69, 9.17) is 0 Å². The molecule has 4 heteroatoms. The molecule has 1 saturated heterocycles. The number of piperidine rings is 1. The smallest absolute Gasteiger partial charge is 0.252 e. The van der Waals surface area contributed by atoms with Crippen molar-refractivity contribution >= 4 is 17.7 Å². The number of nitrogens with one attached hydrogen (secondary N) is 2. The quantitative estimate of drug-likeness (QED) is 0.823. The second kappa shape index (κ2) is 6.25. The van der Waals surface area contributed by atoms with Crippen LogP contribution in [0, 0.1) is 0 Å². The average molecular weight is 264 g/mol. The van der Waals surface area contributed by atoms with E-state index in [9.17, 15) is 4.79 Å². The molecule has 2 N–H and O–H groups in total. The molecule has 1 aromatic rings. The van der Waals surface area contributed by atoms with Crippen LogP contribution in [-0.2, 0) is 0 Å². The van der Waals surface area contributed by atoms with Gasteiger partial charge in [0.15, 0.2) is 0 Å². The Kier molecular flexibility index (Phi) is 4.66. The molecular formula is C14H20N2OS. The largest absolute Gasteiger partial charge is 0.348 e. The summed E-state index contributed by atoms with van der Waals surface area (Å²) < 4.78 is 0. The summed E-state index contributed by atoms with van der Waals surface area (Å²) >= 11 is 1.61. The Balaban J connectivity index is 2.07. The Morgan fingerprint density at radius 1 is 1.44 bits per heavy atom. The Bertz CT molecular complexity index is 422. The number of benzene rings is 1. The third-order valence-electron chi connectivity index (χ3n) is 3.43. The SMILES string of the molecule is CSc1ccccc1C(=O)NC1CCCNC1C. The Morgan fingerprint density at radius 3 is 2.94 bits per heavy atom. The molecule has 1 aliphatic heterocycles. The molecule has 2 atom stereocenters. The van der Waals surface area contributed by atoms with Gasteiger partial charge in [0.1, 0.15) is 0 Å². The Labute approximate surface area is 113 Å². The highest BCUT2D eigenvalue weighted by Crippen LogP contribution is 2.20. The zero-order chi connectivity index (χ0) is 13.0. The molecular weight excluding hydrogens is 244 g/mol. The first-order chi connectivity index (χ1) is 8.72. The molecule has 0 saturated carbocycles. The van der Waals surface area contributed by atoms with Gasteiger partial charge in [-0.3, -0.25) is 4.79 Å². The summed E-state index contributed by atoms with van der Waals surface area (Å²) in [6.45, 7) is 3.18. The van der Waals surface area contributed by atoms with E-state index in [1.165, 1.54) is 0 Å². The van der Waals surface area contributed by atoms with Gasteiger partial charge >= 0.3 is 0 Å². The second-order valence-electron chi connectivity index (χ2n) is 4.67. The van der Waals surface area contributed by atoms with Crippen molar-refractivity contribution in [2.75, 3.05) is 12.8 Å². The van der Waals surface area contributed by atoms with Crippen LogP contribution < -0.4 is 10.6 Å². The van der Waals surface area contributed by atoms with Crippen molar-refractivity contribution in [1.29, 1.82) is 0 Å². The summed E-state index contributed by atoms with van der Waals surface area (Å²) in [6, 6.07) is 8.35. The molecule has 0 spiro atoms. The normalized spacial score (nSPS) is 23.7. The molecule has 1 amide bonds. The van der Waals surface area contributed by atoms with Crippen LogP contribution in [-0.4, -0.2) is 30.8 Å².